The first-order valence-electron chi connectivity index (χ1n) is 6.33. The first-order valence-corrected chi connectivity index (χ1v) is 6.33. The highest BCUT2D eigenvalue weighted by Gasteiger charge is 2.32. The molecule has 94 valence electrons. The molecule has 2 fully saturated rings. The molecule has 4 heteroatoms. The van der Waals surface area contributed by atoms with E-state index in [1.165, 1.54) is 19.3 Å². The predicted octanol–water partition coefficient (Wildman–Crippen LogP) is 1.94. The fourth-order valence-electron chi connectivity index (χ4n) is 2.95. The second kappa shape index (κ2) is 6.45. The molecule has 0 radical (unpaired) electrons. The van der Waals surface area contributed by atoms with Crippen LogP contribution in [0.2, 0.25) is 0 Å². The first-order chi connectivity index (χ1) is 7.33. The molecular weight excluding hydrogens is 224 g/mol. The van der Waals surface area contributed by atoms with Crippen LogP contribution < -0.4 is 5.73 Å². The third-order valence-electron chi connectivity index (χ3n) is 3.89. The van der Waals surface area contributed by atoms with Crippen molar-refractivity contribution in [2.24, 2.45) is 11.7 Å². The van der Waals surface area contributed by atoms with Gasteiger partial charge in [0.2, 0.25) is 5.91 Å². The summed E-state index contributed by atoms with van der Waals surface area (Å²) in [5.74, 6) is 0.702. The zero-order valence-corrected chi connectivity index (χ0v) is 10.7. The third-order valence-corrected chi connectivity index (χ3v) is 3.89. The van der Waals surface area contributed by atoms with Crippen LogP contribution in [0, 0.1) is 5.92 Å². The molecule has 1 aliphatic heterocycles. The second-order valence-corrected chi connectivity index (χ2v) is 4.90. The Labute approximate surface area is 104 Å². The number of hydrogen-bond acceptors (Lipinski definition) is 2. The van der Waals surface area contributed by atoms with Crippen LogP contribution in [0.15, 0.2) is 0 Å². The lowest BCUT2D eigenvalue weighted by Crippen LogP contribution is -2.43. The Kier molecular flexibility index (Phi) is 5.56. The molecule has 1 unspecified atom stereocenters. The summed E-state index contributed by atoms with van der Waals surface area (Å²) >= 11 is 0. The van der Waals surface area contributed by atoms with Crippen LogP contribution in [0.5, 0.6) is 0 Å². The van der Waals surface area contributed by atoms with E-state index in [9.17, 15) is 4.79 Å². The van der Waals surface area contributed by atoms with Gasteiger partial charge in [0.15, 0.2) is 0 Å². The maximum atomic E-state index is 12.2. The number of likely N-dealkylation sites (tertiary alicyclic amines) is 1. The molecule has 0 spiro atoms. The molecular formula is C12H23ClN2O. The van der Waals surface area contributed by atoms with Crippen LogP contribution in [0.4, 0.5) is 0 Å². The van der Waals surface area contributed by atoms with E-state index in [2.05, 4.69) is 4.90 Å². The standard InChI is InChI=1S/C12H22N2O.ClH/c13-9-11-7-4-8-14(11)12(15)10-5-2-1-3-6-10;/h10-11H,1-9,13H2;1H. The van der Waals surface area contributed by atoms with Crippen LogP contribution in [0.3, 0.4) is 0 Å². The second-order valence-electron chi connectivity index (χ2n) is 4.90. The van der Waals surface area contributed by atoms with Gasteiger partial charge in [-0.15, -0.1) is 12.4 Å². The molecule has 1 amide bonds. The predicted molar refractivity (Wildman–Crippen MR) is 67.6 cm³/mol. The summed E-state index contributed by atoms with van der Waals surface area (Å²) in [6.45, 7) is 1.58. The van der Waals surface area contributed by atoms with E-state index in [0.717, 1.165) is 32.2 Å². The van der Waals surface area contributed by atoms with E-state index in [4.69, 9.17) is 5.73 Å². The van der Waals surface area contributed by atoms with Gasteiger partial charge in [-0.1, -0.05) is 19.3 Å². The van der Waals surface area contributed by atoms with Crippen molar-refractivity contribution >= 4 is 18.3 Å². The van der Waals surface area contributed by atoms with Crippen LogP contribution >= 0.6 is 12.4 Å². The summed E-state index contributed by atoms with van der Waals surface area (Å²) in [4.78, 5) is 14.3. The summed E-state index contributed by atoms with van der Waals surface area (Å²) in [5.41, 5.74) is 5.70. The van der Waals surface area contributed by atoms with Crippen molar-refractivity contribution in [2.75, 3.05) is 13.1 Å². The lowest BCUT2D eigenvalue weighted by molar-refractivity contribution is -0.137. The minimum atomic E-state index is 0. The number of carbonyl (C=O) groups is 1. The van der Waals surface area contributed by atoms with Gasteiger partial charge in [0.1, 0.15) is 0 Å². The van der Waals surface area contributed by atoms with E-state index < -0.39 is 0 Å². The number of nitrogens with two attached hydrogens (primary N) is 1. The summed E-state index contributed by atoms with van der Waals surface area (Å²) in [6, 6.07) is 0.333. The Morgan fingerprint density at radius 1 is 1.12 bits per heavy atom. The number of halogens is 1. The van der Waals surface area contributed by atoms with Crippen molar-refractivity contribution in [3.8, 4) is 0 Å². The van der Waals surface area contributed by atoms with E-state index in [1.54, 1.807) is 0 Å². The van der Waals surface area contributed by atoms with Gasteiger partial charge in [-0.2, -0.15) is 0 Å². The van der Waals surface area contributed by atoms with Crippen LogP contribution in [-0.2, 0) is 4.79 Å². The van der Waals surface area contributed by atoms with Crippen LogP contribution in [-0.4, -0.2) is 29.9 Å². The van der Waals surface area contributed by atoms with Crippen molar-refractivity contribution in [2.45, 2.75) is 51.0 Å². The minimum absolute atomic E-state index is 0. The molecule has 1 aliphatic carbocycles. The Hall–Kier alpha value is -0.280. The van der Waals surface area contributed by atoms with Gasteiger partial charge in [0.05, 0.1) is 0 Å². The normalized spacial score (nSPS) is 26.6. The molecule has 1 saturated heterocycles. The van der Waals surface area contributed by atoms with Crippen molar-refractivity contribution in [3.63, 3.8) is 0 Å². The maximum absolute atomic E-state index is 12.2. The molecule has 0 aromatic heterocycles. The smallest absolute Gasteiger partial charge is 0.225 e. The molecule has 1 atom stereocenters. The maximum Gasteiger partial charge on any atom is 0.225 e. The van der Waals surface area contributed by atoms with Gasteiger partial charge in [-0.25, -0.2) is 0 Å². The van der Waals surface area contributed by atoms with E-state index in [1.807, 2.05) is 0 Å². The van der Waals surface area contributed by atoms with Gasteiger partial charge in [-0.05, 0) is 25.7 Å². The molecule has 2 aliphatic rings. The highest BCUT2D eigenvalue weighted by Crippen LogP contribution is 2.28. The zero-order valence-electron chi connectivity index (χ0n) is 9.86. The summed E-state index contributed by atoms with van der Waals surface area (Å²) in [7, 11) is 0. The van der Waals surface area contributed by atoms with Crippen LogP contribution in [0.1, 0.15) is 44.9 Å². The van der Waals surface area contributed by atoms with Gasteiger partial charge < -0.3 is 10.6 Å². The first kappa shape index (κ1) is 13.8. The minimum Gasteiger partial charge on any atom is -0.338 e. The number of nitrogens with zero attached hydrogens (tertiary/aromatic N) is 1. The molecule has 0 bridgehead atoms. The van der Waals surface area contributed by atoms with Crippen molar-refractivity contribution in [1.82, 2.24) is 4.90 Å². The van der Waals surface area contributed by atoms with E-state index >= 15 is 0 Å². The van der Waals surface area contributed by atoms with Crippen molar-refractivity contribution in [1.29, 1.82) is 0 Å². The SMILES string of the molecule is Cl.NCC1CCCN1C(=O)C1CCCCC1. The Bertz CT molecular complexity index is 229. The van der Waals surface area contributed by atoms with Gasteiger partial charge in [0.25, 0.3) is 0 Å². The lowest BCUT2D eigenvalue weighted by atomic mass is 9.88. The zero-order chi connectivity index (χ0) is 10.7. The molecule has 0 aromatic rings. The average molecular weight is 247 g/mol. The summed E-state index contributed by atoms with van der Waals surface area (Å²) in [5, 5.41) is 0. The van der Waals surface area contributed by atoms with Crippen LogP contribution in [0.25, 0.3) is 0 Å². The molecule has 16 heavy (non-hydrogen) atoms. The summed E-state index contributed by atoms with van der Waals surface area (Å²) < 4.78 is 0. The lowest BCUT2D eigenvalue weighted by Gasteiger charge is -2.30. The number of carbonyl (C=O) groups excluding carboxylic acids is 1. The van der Waals surface area contributed by atoms with Crippen molar-refractivity contribution < 1.29 is 4.79 Å². The van der Waals surface area contributed by atoms with E-state index in [-0.39, 0.29) is 12.4 Å². The van der Waals surface area contributed by atoms with Gasteiger partial charge in [0, 0.05) is 25.0 Å². The molecule has 1 saturated carbocycles. The number of rotatable bonds is 2. The third kappa shape index (κ3) is 2.89. The quantitative estimate of drug-likeness (QED) is 0.810. The topological polar surface area (TPSA) is 46.3 Å². The van der Waals surface area contributed by atoms with Gasteiger partial charge >= 0.3 is 0 Å². The summed E-state index contributed by atoms with van der Waals surface area (Å²) in [6.07, 6.45) is 8.23. The largest absolute Gasteiger partial charge is 0.338 e. The molecule has 3 nitrogen and oxygen atoms in total. The van der Waals surface area contributed by atoms with Crippen molar-refractivity contribution in [3.05, 3.63) is 0 Å². The highest BCUT2D eigenvalue weighted by atomic mass is 35.5. The van der Waals surface area contributed by atoms with Gasteiger partial charge in [-0.3, -0.25) is 4.79 Å². The number of amides is 1. The Morgan fingerprint density at radius 3 is 2.44 bits per heavy atom. The monoisotopic (exact) mass is 246 g/mol. The molecule has 2 rings (SSSR count). The molecule has 1 heterocycles. The van der Waals surface area contributed by atoms with E-state index in [0.29, 0.717) is 24.4 Å². The Morgan fingerprint density at radius 2 is 1.81 bits per heavy atom. The number of hydrogen-bond donors (Lipinski definition) is 1. The Balaban J connectivity index is 0.00000128. The average Bonchev–Trinajstić information content (AvgIpc) is 2.77. The highest BCUT2D eigenvalue weighted by molar-refractivity contribution is 5.85. The fraction of sp³-hybridized carbons (Fsp3) is 0.917. The molecule has 2 N–H and O–H groups in total. The molecule has 0 aromatic carbocycles. The fourth-order valence-corrected chi connectivity index (χ4v) is 2.95.